The Balaban J connectivity index is 1.36. The number of hydrogen-bond acceptors (Lipinski definition) is 5. The van der Waals surface area contributed by atoms with Gasteiger partial charge in [0.25, 0.3) is 5.91 Å². The second kappa shape index (κ2) is 10.4. The maximum atomic E-state index is 12.7. The van der Waals surface area contributed by atoms with Crippen LogP contribution in [0.2, 0.25) is 5.02 Å². The molecule has 4 rings (SSSR count). The van der Waals surface area contributed by atoms with E-state index in [0.29, 0.717) is 27.8 Å². The smallest absolute Gasteiger partial charge is 0.326 e. The third kappa shape index (κ3) is 6.06. The van der Waals surface area contributed by atoms with Crippen LogP contribution in [0, 0.1) is 0 Å². The highest BCUT2D eigenvalue weighted by Crippen LogP contribution is 2.27. The zero-order valence-electron chi connectivity index (χ0n) is 18.1. The number of urea groups is 1. The van der Waals surface area contributed by atoms with Gasteiger partial charge in [0.05, 0.1) is 9.79 Å². The lowest BCUT2D eigenvalue weighted by Gasteiger charge is -2.10. The average molecular weight is 507 g/mol. The van der Waals surface area contributed by atoms with Gasteiger partial charge in [0, 0.05) is 16.3 Å². The number of ether oxygens (including phenoxy) is 1. The third-order valence-corrected chi connectivity index (χ3v) is 6.91. The molecule has 0 heterocycles. The molecular formula is C26H19ClN2O5S. The maximum Gasteiger partial charge on any atom is 0.326 e. The molecule has 35 heavy (non-hydrogen) atoms. The Bertz CT molecular complexity index is 1440. The predicted octanol–water partition coefficient (Wildman–Crippen LogP) is 5.93. The molecule has 4 aromatic carbocycles. The van der Waals surface area contributed by atoms with Crippen molar-refractivity contribution in [2.75, 3.05) is 5.32 Å². The molecule has 176 valence electrons. The fourth-order valence-corrected chi connectivity index (χ4v) is 4.49. The molecule has 0 fully saturated rings. The van der Waals surface area contributed by atoms with Crippen LogP contribution < -0.4 is 15.4 Å². The van der Waals surface area contributed by atoms with Crippen molar-refractivity contribution in [3.63, 3.8) is 0 Å². The van der Waals surface area contributed by atoms with Gasteiger partial charge in [-0.1, -0.05) is 29.8 Å². The van der Waals surface area contributed by atoms with E-state index in [4.69, 9.17) is 16.3 Å². The molecule has 2 N–H and O–H groups in total. The summed E-state index contributed by atoms with van der Waals surface area (Å²) in [5.74, 6) is 0.404. The minimum atomic E-state index is -3.67. The maximum absolute atomic E-state index is 12.7. The van der Waals surface area contributed by atoms with Crippen molar-refractivity contribution < 1.29 is 22.7 Å². The van der Waals surface area contributed by atoms with Crippen molar-refractivity contribution in [2.24, 2.45) is 0 Å². The van der Waals surface area contributed by atoms with Gasteiger partial charge in [-0.25, -0.2) is 13.2 Å². The third-order valence-electron chi connectivity index (χ3n) is 4.87. The van der Waals surface area contributed by atoms with Gasteiger partial charge in [0.15, 0.2) is 0 Å². The molecule has 9 heteroatoms. The van der Waals surface area contributed by atoms with Crippen molar-refractivity contribution in [2.45, 2.75) is 9.79 Å². The molecule has 0 aliphatic carbocycles. The fourth-order valence-electron chi connectivity index (χ4n) is 3.11. The van der Waals surface area contributed by atoms with E-state index in [0.717, 1.165) is 0 Å². The highest BCUT2D eigenvalue weighted by Gasteiger charge is 2.17. The molecule has 0 saturated heterocycles. The Morgan fingerprint density at radius 1 is 0.686 bits per heavy atom. The van der Waals surface area contributed by atoms with Crippen LogP contribution in [0.1, 0.15) is 10.4 Å². The zero-order valence-corrected chi connectivity index (χ0v) is 19.7. The summed E-state index contributed by atoms with van der Waals surface area (Å²) in [5, 5.41) is 5.28. The monoisotopic (exact) mass is 506 g/mol. The standard InChI is InChI=1S/C26H19ClN2O5S/c27-19-6-14-23(15-7-19)35(32,33)24-16-12-22(13-17-24)34-21-10-8-20(9-11-21)28-26(31)29-25(30)18-4-2-1-3-5-18/h1-17H,(H2,28,29,30,31). The number of sulfone groups is 1. The van der Waals surface area contributed by atoms with Gasteiger partial charge in [-0.2, -0.15) is 0 Å². The van der Waals surface area contributed by atoms with E-state index in [2.05, 4.69) is 10.6 Å². The zero-order chi connectivity index (χ0) is 24.8. The van der Waals surface area contributed by atoms with Crippen LogP contribution in [0.5, 0.6) is 11.5 Å². The minimum Gasteiger partial charge on any atom is -0.457 e. The summed E-state index contributed by atoms with van der Waals surface area (Å²) in [6.45, 7) is 0. The number of carbonyl (C=O) groups is 2. The number of amides is 3. The van der Waals surface area contributed by atoms with Gasteiger partial charge in [-0.15, -0.1) is 0 Å². The van der Waals surface area contributed by atoms with Crippen LogP contribution in [-0.4, -0.2) is 20.4 Å². The molecule has 0 aromatic heterocycles. The lowest BCUT2D eigenvalue weighted by molar-refractivity contribution is 0.0967. The Kier molecular flexibility index (Phi) is 7.14. The van der Waals surface area contributed by atoms with Gasteiger partial charge in [0.1, 0.15) is 11.5 Å². The molecular weight excluding hydrogens is 488 g/mol. The van der Waals surface area contributed by atoms with Crippen LogP contribution in [0.4, 0.5) is 10.5 Å². The Morgan fingerprint density at radius 2 is 1.20 bits per heavy atom. The summed E-state index contributed by atoms with van der Waals surface area (Å²) >= 11 is 5.83. The predicted molar refractivity (Wildman–Crippen MR) is 133 cm³/mol. The number of rotatable bonds is 6. The van der Waals surface area contributed by atoms with E-state index < -0.39 is 21.8 Å². The van der Waals surface area contributed by atoms with E-state index in [9.17, 15) is 18.0 Å². The number of carbonyl (C=O) groups excluding carboxylic acids is 2. The largest absolute Gasteiger partial charge is 0.457 e. The van der Waals surface area contributed by atoms with Crippen LogP contribution in [0.25, 0.3) is 0 Å². The first-order chi connectivity index (χ1) is 16.8. The molecule has 0 saturated carbocycles. The fraction of sp³-hybridized carbons (Fsp3) is 0. The number of anilines is 1. The molecule has 3 amide bonds. The number of hydrogen-bond donors (Lipinski definition) is 2. The van der Waals surface area contributed by atoms with Gasteiger partial charge < -0.3 is 10.1 Å². The first-order valence-electron chi connectivity index (χ1n) is 10.4. The number of benzene rings is 4. The first kappa shape index (κ1) is 24.0. The van der Waals surface area contributed by atoms with E-state index in [1.54, 1.807) is 66.7 Å². The van der Waals surface area contributed by atoms with E-state index >= 15 is 0 Å². The van der Waals surface area contributed by atoms with Gasteiger partial charge in [0.2, 0.25) is 9.84 Å². The molecule has 4 aromatic rings. The Labute approximate surface area is 207 Å². The summed E-state index contributed by atoms with van der Waals surface area (Å²) in [4.78, 5) is 24.4. The molecule has 0 atom stereocenters. The lowest BCUT2D eigenvalue weighted by Crippen LogP contribution is -2.34. The van der Waals surface area contributed by atoms with E-state index in [-0.39, 0.29) is 9.79 Å². The van der Waals surface area contributed by atoms with Gasteiger partial charge >= 0.3 is 6.03 Å². The Hall–Kier alpha value is -4.14. The molecule has 0 aliphatic rings. The second-order valence-electron chi connectivity index (χ2n) is 7.33. The second-order valence-corrected chi connectivity index (χ2v) is 9.72. The van der Waals surface area contributed by atoms with Crippen LogP contribution in [0.15, 0.2) is 113 Å². The quantitative estimate of drug-likeness (QED) is 0.337. The molecule has 0 bridgehead atoms. The van der Waals surface area contributed by atoms with Gasteiger partial charge in [-0.05, 0) is 84.9 Å². The van der Waals surface area contributed by atoms with Crippen molar-refractivity contribution in [1.29, 1.82) is 0 Å². The van der Waals surface area contributed by atoms with Gasteiger partial charge in [-0.3, -0.25) is 10.1 Å². The lowest BCUT2D eigenvalue weighted by atomic mass is 10.2. The first-order valence-corrected chi connectivity index (χ1v) is 12.2. The molecule has 0 unspecified atom stereocenters. The molecule has 0 radical (unpaired) electrons. The van der Waals surface area contributed by atoms with E-state index in [1.807, 2.05) is 0 Å². The summed E-state index contributed by atoms with van der Waals surface area (Å²) in [7, 11) is -3.67. The Morgan fingerprint density at radius 3 is 1.77 bits per heavy atom. The van der Waals surface area contributed by atoms with Crippen molar-refractivity contribution in [3.05, 3.63) is 114 Å². The van der Waals surface area contributed by atoms with Crippen molar-refractivity contribution in [3.8, 4) is 11.5 Å². The average Bonchev–Trinajstić information content (AvgIpc) is 2.86. The number of halogens is 1. The highest BCUT2D eigenvalue weighted by atomic mass is 35.5. The van der Waals surface area contributed by atoms with Crippen molar-refractivity contribution in [1.82, 2.24) is 5.32 Å². The minimum absolute atomic E-state index is 0.128. The SMILES string of the molecule is O=C(NC(=O)c1ccccc1)Nc1ccc(Oc2ccc(S(=O)(=O)c3ccc(Cl)cc3)cc2)cc1. The molecule has 0 aliphatic heterocycles. The van der Waals surface area contributed by atoms with E-state index in [1.165, 1.54) is 36.4 Å². The summed E-state index contributed by atoms with van der Waals surface area (Å²) in [6.07, 6.45) is 0. The molecule has 7 nitrogen and oxygen atoms in total. The number of nitrogens with one attached hydrogen (secondary N) is 2. The summed E-state index contributed by atoms with van der Waals surface area (Å²) in [5.41, 5.74) is 0.832. The summed E-state index contributed by atoms with van der Waals surface area (Å²) in [6, 6.07) is 26.2. The normalized spacial score (nSPS) is 10.9. The van der Waals surface area contributed by atoms with Crippen LogP contribution >= 0.6 is 11.6 Å². The van der Waals surface area contributed by atoms with Crippen LogP contribution in [0.3, 0.4) is 0 Å². The topological polar surface area (TPSA) is 102 Å². The van der Waals surface area contributed by atoms with Crippen LogP contribution in [-0.2, 0) is 9.84 Å². The number of imide groups is 1. The summed E-state index contributed by atoms with van der Waals surface area (Å²) < 4.78 is 31.2. The van der Waals surface area contributed by atoms with Crippen molar-refractivity contribution >= 4 is 39.1 Å². The highest BCUT2D eigenvalue weighted by molar-refractivity contribution is 7.91. The molecule has 0 spiro atoms.